The number of hydrogen-bond donors (Lipinski definition) is 1. The largest absolute Gasteiger partial charge is 0.478 e. The van der Waals surface area contributed by atoms with Crippen LogP contribution in [-0.4, -0.2) is 26.1 Å². The number of benzene rings is 1. The molecule has 0 radical (unpaired) electrons. The average molecular weight is 299 g/mol. The predicted octanol–water partition coefficient (Wildman–Crippen LogP) is 3.12. The van der Waals surface area contributed by atoms with Crippen LogP contribution in [0.5, 0.6) is 0 Å². The molecular weight excluding hydrogens is 286 g/mol. The topological polar surface area (TPSA) is 68.0 Å². The maximum absolute atomic E-state index is 11.0. The molecule has 1 unspecified atom stereocenters. The quantitative estimate of drug-likeness (QED) is 0.789. The fourth-order valence-corrected chi connectivity index (χ4v) is 4.00. The van der Waals surface area contributed by atoms with Crippen molar-refractivity contribution in [2.75, 3.05) is 0 Å². The summed E-state index contributed by atoms with van der Waals surface area (Å²) in [5, 5.41) is 19.6. The highest BCUT2D eigenvalue weighted by molar-refractivity contribution is 7.10. The van der Waals surface area contributed by atoms with Gasteiger partial charge in [-0.15, -0.1) is 16.4 Å². The molecule has 5 nitrogen and oxygen atoms in total. The van der Waals surface area contributed by atoms with Gasteiger partial charge in [0.15, 0.2) is 0 Å². The van der Waals surface area contributed by atoms with Crippen molar-refractivity contribution in [3.05, 3.63) is 45.6 Å². The van der Waals surface area contributed by atoms with E-state index in [4.69, 9.17) is 5.11 Å². The molecule has 1 aliphatic carbocycles. The second-order valence-corrected chi connectivity index (χ2v) is 6.25. The van der Waals surface area contributed by atoms with Crippen LogP contribution in [0.2, 0.25) is 0 Å². The Labute approximate surface area is 124 Å². The third kappa shape index (κ3) is 1.94. The van der Waals surface area contributed by atoms with Gasteiger partial charge in [0.25, 0.3) is 0 Å². The van der Waals surface area contributed by atoms with Crippen LogP contribution in [0.15, 0.2) is 29.6 Å². The van der Waals surface area contributed by atoms with Crippen LogP contribution < -0.4 is 0 Å². The van der Waals surface area contributed by atoms with E-state index < -0.39 is 5.97 Å². The minimum absolute atomic E-state index is 0.209. The molecule has 2 aromatic heterocycles. The zero-order valence-corrected chi connectivity index (χ0v) is 12.0. The molecule has 1 atom stereocenters. The van der Waals surface area contributed by atoms with Gasteiger partial charge < -0.3 is 5.11 Å². The Morgan fingerprint density at radius 1 is 1.38 bits per heavy atom. The van der Waals surface area contributed by atoms with Crippen molar-refractivity contribution >= 4 is 28.3 Å². The number of carbonyl (C=O) groups is 1. The van der Waals surface area contributed by atoms with Crippen LogP contribution in [0.1, 0.15) is 39.7 Å². The lowest BCUT2D eigenvalue weighted by Crippen LogP contribution is -2.16. The highest BCUT2D eigenvalue weighted by Crippen LogP contribution is 2.36. The first-order valence-electron chi connectivity index (χ1n) is 6.88. The summed E-state index contributed by atoms with van der Waals surface area (Å²) in [7, 11) is 0. The smallest absolute Gasteiger partial charge is 0.335 e. The number of aromatic carboxylic acids is 1. The van der Waals surface area contributed by atoms with Crippen molar-refractivity contribution < 1.29 is 9.90 Å². The van der Waals surface area contributed by atoms with Crippen LogP contribution in [0.3, 0.4) is 0 Å². The van der Waals surface area contributed by atoms with E-state index >= 15 is 0 Å². The second kappa shape index (κ2) is 4.66. The van der Waals surface area contributed by atoms with Gasteiger partial charge in [0.2, 0.25) is 0 Å². The van der Waals surface area contributed by atoms with Gasteiger partial charge in [0.05, 0.1) is 17.1 Å². The van der Waals surface area contributed by atoms with Gasteiger partial charge in [0, 0.05) is 4.88 Å². The minimum atomic E-state index is -0.941. The SMILES string of the molecule is O=C(O)c1ccc2c(c1)nnn2C1CCCc2sccc21. The highest BCUT2D eigenvalue weighted by Gasteiger charge is 2.25. The molecule has 3 aromatic rings. The van der Waals surface area contributed by atoms with Crippen molar-refractivity contribution in [3.8, 4) is 0 Å². The van der Waals surface area contributed by atoms with Gasteiger partial charge in [-0.2, -0.15) is 0 Å². The van der Waals surface area contributed by atoms with Gasteiger partial charge in [-0.1, -0.05) is 5.21 Å². The summed E-state index contributed by atoms with van der Waals surface area (Å²) < 4.78 is 1.94. The number of aryl methyl sites for hydroxylation is 1. The van der Waals surface area contributed by atoms with Crippen molar-refractivity contribution in [2.45, 2.75) is 25.3 Å². The standard InChI is InChI=1S/C15H13N3O2S/c19-15(20)9-4-5-13-11(8-9)16-17-18(13)12-2-1-3-14-10(12)6-7-21-14/h4-8,12H,1-3H2,(H,19,20). The molecule has 1 N–H and O–H groups in total. The fraction of sp³-hybridized carbons (Fsp3) is 0.267. The normalized spacial score (nSPS) is 17.8. The van der Waals surface area contributed by atoms with Gasteiger partial charge in [0.1, 0.15) is 5.52 Å². The molecule has 21 heavy (non-hydrogen) atoms. The Hall–Kier alpha value is -2.21. The summed E-state index contributed by atoms with van der Waals surface area (Å²) in [5.41, 5.74) is 3.11. The van der Waals surface area contributed by atoms with E-state index in [-0.39, 0.29) is 11.6 Å². The van der Waals surface area contributed by atoms with E-state index in [9.17, 15) is 4.79 Å². The Morgan fingerprint density at radius 2 is 2.29 bits per heavy atom. The molecule has 0 saturated heterocycles. The molecule has 0 fully saturated rings. The molecule has 0 amide bonds. The Kier molecular flexibility index (Phi) is 2.78. The molecule has 4 rings (SSSR count). The highest BCUT2D eigenvalue weighted by atomic mass is 32.1. The maximum Gasteiger partial charge on any atom is 0.335 e. The molecule has 0 bridgehead atoms. The number of carboxylic acid groups (broad SMARTS) is 1. The molecule has 1 aromatic carbocycles. The Balaban J connectivity index is 1.84. The molecule has 0 aliphatic heterocycles. The Bertz CT molecular complexity index is 836. The molecule has 2 heterocycles. The summed E-state index contributed by atoms with van der Waals surface area (Å²) in [6.07, 6.45) is 3.33. The van der Waals surface area contributed by atoms with Crippen LogP contribution >= 0.6 is 11.3 Å². The fourth-order valence-electron chi connectivity index (χ4n) is 3.02. The van der Waals surface area contributed by atoms with Gasteiger partial charge in [-0.25, -0.2) is 9.48 Å². The third-order valence-electron chi connectivity index (χ3n) is 4.03. The summed E-state index contributed by atoms with van der Waals surface area (Å²) in [6, 6.07) is 7.38. The number of nitrogens with zero attached hydrogens (tertiary/aromatic N) is 3. The van der Waals surface area contributed by atoms with E-state index in [1.807, 2.05) is 4.68 Å². The van der Waals surface area contributed by atoms with Crippen molar-refractivity contribution in [2.24, 2.45) is 0 Å². The van der Waals surface area contributed by atoms with E-state index in [1.54, 1.807) is 29.5 Å². The minimum Gasteiger partial charge on any atom is -0.478 e. The molecular formula is C15H13N3O2S. The van der Waals surface area contributed by atoms with Gasteiger partial charge >= 0.3 is 5.97 Å². The maximum atomic E-state index is 11.0. The lowest BCUT2D eigenvalue weighted by atomic mass is 9.94. The zero-order chi connectivity index (χ0) is 14.4. The van der Waals surface area contributed by atoms with Crippen LogP contribution in [0.25, 0.3) is 11.0 Å². The van der Waals surface area contributed by atoms with E-state index in [1.165, 1.54) is 10.4 Å². The van der Waals surface area contributed by atoms with E-state index in [0.29, 0.717) is 5.52 Å². The molecule has 0 saturated carbocycles. The number of rotatable bonds is 2. The van der Waals surface area contributed by atoms with Gasteiger partial charge in [-0.3, -0.25) is 0 Å². The van der Waals surface area contributed by atoms with E-state index in [0.717, 1.165) is 24.8 Å². The van der Waals surface area contributed by atoms with Crippen molar-refractivity contribution in [1.29, 1.82) is 0 Å². The first-order chi connectivity index (χ1) is 10.2. The number of aromatic nitrogens is 3. The molecule has 1 aliphatic rings. The monoisotopic (exact) mass is 299 g/mol. The first-order valence-corrected chi connectivity index (χ1v) is 7.76. The number of hydrogen-bond acceptors (Lipinski definition) is 4. The summed E-state index contributed by atoms with van der Waals surface area (Å²) in [6.45, 7) is 0. The van der Waals surface area contributed by atoms with Crippen LogP contribution in [0, 0.1) is 0 Å². The summed E-state index contributed by atoms with van der Waals surface area (Å²) >= 11 is 1.80. The second-order valence-electron chi connectivity index (χ2n) is 5.25. The van der Waals surface area contributed by atoms with Crippen LogP contribution in [0.4, 0.5) is 0 Å². The van der Waals surface area contributed by atoms with Crippen LogP contribution in [-0.2, 0) is 6.42 Å². The number of fused-ring (bicyclic) bond motifs is 2. The molecule has 6 heteroatoms. The average Bonchev–Trinajstić information content (AvgIpc) is 3.12. The lowest BCUT2D eigenvalue weighted by Gasteiger charge is -2.23. The Morgan fingerprint density at radius 3 is 3.14 bits per heavy atom. The van der Waals surface area contributed by atoms with Gasteiger partial charge in [-0.05, 0) is 54.5 Å². The number of thiophene rings is 1. The summed E-state index contributed by atoms with van der Waals surface area (Å²) in [4.78, 5) is 12.5. The van der Waals surface area contributed by atoms with Crippen molar-refractivity contribution in [1.82, 2.24) is 15.0 Å². The van der Waals surface area contributed by atoms with E-state index in [2.05, 4.69) is 21.8 Å². The molecule has 106 valence electrons. The molecule has 0 spiro atoms. The predicted molar refractivity (Wildman–Crippen MR) is 79.9 cm³/mol. The first kappa shape index (κ1) is 12.5. The van der Waals surface area contributed by atoms with Crippen molar-refractivity contribution in [3.63, 3.8) is 0 Å². The summed E-state index contributed by atoms with van der Waals surface area (Å²) in [5.74, 6) is -0.941. The third-order valence-corrected chi connectivity index (χ3v) is 5.03. The lowest BCUT2D eigenvalue weighted by molar-refractivity contribution is 0.0697. The zero-order valence-electron chi connectivity index (χ0n) is 11.2. The number of carboxylic acids is 1.